The van der Waals surface area contributed by atoms with E-state index in [1.54, 1.807) is 0 Å². The maximum Gasteiger partial charge on any atom is 0.335 e. The van der Waals surface area contributed by atoms with E-state index in [1.165, 1.54) is 18.2 Å². The summed E-state index contributed by atoms with van der Waals surface area (Å²) in [6, 6.07) is 3.51. The number of primary amides is 1. The predicted octanol–water partition coefficient (Wildman–Crippen LogP) is 0.754. The van der Waals surface area contributed by atoms with Crippen LogP contribution in [0.15, 0.2) is 22.7 Å². The Labute approximate surface area is 110 Å². The SMILES string of the molecule is NC(=O)CNC(=O)Nc1cc(C(=O)O)ccc1Br. The van der Waals surface area contributed by atoms with Crippen molar-refractivity contribution in [3.8, 4) is 0 Å². The van der Waals surface area contributed by atoms with E-state index in [9.17, 15) is 14.4 Å². The lowest BCUT2D eigenvalue weighted by Crippen LogP contribution is -2.36. The first kappa shape index (κ1) is 14.0. The molecule has 0 unspecified atom stereocenters. The average molecular weight is 316 g/mol. The van der Waals surface area contributed by atoms with Gasteiger partial charge in [0.15, 0.2) is 0 Å². The number of amides is 3. The molecule has 0 fully saturated rings. The van der Waals surface area contributed by atoms with Gasteiger partial charge in [-0.2, -0.15) is 0 Å². The number of halogens is 1. The molecule has 1 rings (SSSR count). The number of hydrogen-bond acceptors (Lipinski definition) is 3. The second-order valence-electron chi connectivity index (χ2n) is 3.27. The van der Waals surface area contributed by atoms with E-state index in [-0.39, 0.29) is 17.8 Å². The maximum absolute atomic E-state index is 11.4. The Hall–Kier alpha value is -2.09. The van der Waals surface area contributed by atoms with Crippen LogP contribution in [0.4, 0.5) is 10.5 Å². The highest BCUT2D eigenvalue weighted by atomic mass is 79.9. The van der Waals surface area contributed by atoms with Gasteiger partial charge in [0, 0.05) is 4.47 Å². The Kier molecular flexibility index (Phi) is 4.67. The molecule has 0 aliphatic heterocycles. The van der Waals surface area contributed by atoms with Gasteiger partial charge in [0.05, 0.1) is 17.8 Å². The third-order valence-electron chi connectivity index (χ3n) is 1.88. The van der Waals surface area contributed by atoms with Gasteiger partial charge < -0.3 is 21.5 Å². The fourth-order valence-corrected chi connectivity index (χ4v) is 1.43. The summed E-state index contributed by atoms with van der Waals surface area (Å²) in [5.74, 6) is -1.79. The monoisotopic (exact) mass is 315 g/mol. The maximum atomic E-state index is 11.4. The summed E-state index contributed by atoms with van der Waals surface area (Å²) in [6.45, 7) is -0.303. The molecule has 18 heavy (non-hydrogen) atoms. The van der Waals surface area contributed by atoms with Gasteiger partial charge in [-0.25, -0.2) is 9.59 Å². The van der Waals surface area contributed by atoms with Gasteiger partial charge >= 0.3 is 12.0 Å². The molecule has 8 heteroatoms. The summed E-state index contributed by atoms with van der Waals surface area (Å²) >= 11 is 3.16. The second-order valence-corrected chi connectivity index (χ2v) is 4.13. The van der Waals surface area contributed by atoms with Crippen molar-refractivity contribution in [1.82, 2.24) is 5.32 Å². The van der Waals surface area contributed by atoms with Crippen molar-refractivity contribution in [2.45, 2.75) is 0 Å². The molecule has 0 aromatic heterocycles. The molecule has 0 heterocycles. The van der Waals surface area contributed by atoms with Gasteiger partial charge in [-0.15, -0.1) is 0 Å². The van der Waals surface area contributed by atoms with Crippen molar-refractivity contribution in [3.05, 3.63) is 28.2 Å². The van der Waals surface area contributed by atoms with Crippen molar-refractivity contribution in [3.63, 3.8) is 0 Å². The molecule has 0 bridgehead atoms. The lowest BCUT2D eigenvalue weighted by molar-refractivity contribution is -0.117. The van der Waals surface area contributed by atoms with Crippen molar-refractivity contribution < 1.29 is 19.5 Å². The molecule has 0 aliphatic carbocycles. The van der Waals surface area contributed by atoms with Crippen LogP contribution in [0.1, 0.15) is 10.4 Å². The molecule has 0 saturated carbocycles. The first-order valence-electron chi connectivity index (χ1n) is 4.76. The normalized spacial score (nSPS) is 9.61. The smallest absolute Gasteiger partial charge is 0.335 e. The molecule has 0 aliphatic rings. The number of anilines is 1. The largest absolute Gasteiger partial charge is 0.478 e. The number of nitrogens with two attached hydrogens (primary N) is 1. The van der Waals surface area contributed by atoms with Gasteiger partial charge in [-0.3, -0.25) is 4.79 Å². The van der Waals surface area contributed by atoms with Gasteiger partial charge in [0.25, 0.3) is 0 Å². The zero-order chi connectivity index (χ0) is 13.7. The van der Waals surface area contributed by atoms with Crippen LogP contribution in [-0.4, -0.2) is 29.6 Å². The average Bonchev–Trinajstić information content (AvgIpc) is 2.29. The summed E-state index contributed by atoms with van der Waals surface area (Å²) in [5, 5.41) is 13.4. The van der Waals surface area contributed by atoms with Gasteiger partial charge in [-0.05, 0) is 34.1 Å². The van der Waals surface area contributed by atoms with Gasteiger partial charge in [-0.1, -0.05) is 0 Å². The molecule has 1 aromatic carbocycles. The van der Waals surface area contributed by atoms with Crippen LogP contribution in [-0.2, 0) is 4.79 Å². The number of rotatable bonds is 4. The number of urea groups is 1. The number of benzene rings is 1. The molecule has 0 radical (unpaired) electrons. The summed E-state index contributed by atoms with van der Waals surface area (Å²) in [4.78, 5) is 32.6. The molecular weight excluding hydrogens is 306 g/mol. The number of aromatic carboxylic acids is 1. The number of carboxylic acids is 1. The number of hydrogen-bond donors (Lipinski definition) is 4. The summed E-state index contributed by atoms with van der Waals surface area (Å²) < 4.78 is 0.515. The van der Waals surface area contributed by atoms with Crippen LogP contribution in [0.25, 0.3) is 0 Å². The van der Waals surface area contributed by atoms with E-state index >= 15 is 0 Å². The fraction of sp³-hybridized carbons (Fsp3) is 0.100. The second kappa shape index (κ2) is 6.01. The Morgan fingerprint density at radius 2 is 2.00 bits per heavy atom. The van der Waals surface area contributed by atoms with E-state index in [1.807, 2.05) is 0 Å². The molecule has 96 valence electrons. The highest BCUT2D eigenvalue weighted by molar-refractivity contribution is 9.10. The van der Waals surface area contributed by atoms with E-state index in [4.69, 9.17) is 10.8 Å². The molecule has 5 N–H and O–H groups in total. The Bertz CT molecular complexity index is 504. The Morgan fingerprint density at radius 1 is 1.33 bits per heavy atom. The van der Waals surface area contributed by atoms with Gasteiger partial charge in [0.1, 0.15) is 0 Å². The minimum atomic E-state index is -1.11. The zero-order valence-electron chi connectivity index (χ0n) is 9.07. The standard InChI is InChI=1S/C10H10BrN3O4/c11-6-2-1-5(9(16)17)3-7(6)14-10(18)13-4-8(12)15/h1-3H,4H2,(H2,12,15)(H,16,17)(H2,13,14,18). The summed E-state index contributed by atoms with van der Waals surface area (Å²) in [5.41, 5.74) is 5.17. The van der Waals surface area contributed by atoms with E-state index < -0.39 is 17.9 Å². The third kappa shape index (κ3) is 4.06. The minimum absolute atomic E-state index is 0.0309. The highest BCUT2D eigenvalue weighted by Gasteiger charge is 2.09. The molecule has 7 nitrogen and oxygen atoms in total. The van der Waals surface area contributed by atoms with Crippen LogP contribution in [0, 0.1) is 0 Å². The molecular formula is C10H10BrN3O4. The van der Waals surface area contributed by atoms with Crippen LogP contribution >= 0.6 is 15.9 Å². The topological polar surface area (TPSA) is 122 Å². The molecule has 3 amide bonds. The molecule has 0 atom stereocenters. The number of carboxylic acid groups (broad SMARTS) is 1. The van der Waals surface area contributed by atoms with Crippen LogP contribution < -0.4 is 16.4 Å². The van der Waals surface area contributed by atoms with Crippen molar-refractivity contribution >= 4 is 39.5 Å². The van der Waals surface area contributed by atoms with E-state index in [0.29, 0.717) is 4.47 Å². The van der Waals surface area contributed by atoms with Crippen molar-refractivity contribution in [1.29, 1.82) is 0 Å². The first-order chi connectivity index (χ1) is 8.40. The Morgan fingerprint density at radius 3 is 2.56 bits per heavy atom. The lowest BCUT2D eigenvalue weighted by atomic mass is 10.2. The predicted molar refractivity (Wildman–Crippen MR) is 67.3 cm³/mol. The van der Waals surface area contributed by atoms with Crippen LogP contribution in [0.2, 0.25) is 0 Å². The van der Waals surface area contributed by atoms with Crippen molar-refractivity contribution in [2.75, 3.05) is 11.9 Å². The first-order valence-corrected chi connectivity index (χ1v) is 5.55. The van der Waals surface area contributed by atoms with E-state index in [0.717, 1.165) is 0 Å². The zero-order valence-corrected chi connectivity index (χ0v) is 10.7. The highest BCUT2D eigenvalue weighted by Crippen LogP contribution is 2.23. The number of nitrogens with one attached hydrogen (secondary N) is 2. The summed E-state index contributed by atoms with van der Waals surface area (Å²) in [7, 11) is 0. The van der Waals surface area contributed by atoms with Crippen molar-refractivity contribution in [2.24, 2.45) is 5.73 Å². The molecule has 1 aromatic rings. The number of carbonyl (C=O) groups excluding carboxylic acids is 2. The molecule has 0 spiro atoms. The molecule has 0 saturated heterocycles. The quantitative estimate of drug-likeness (QED) is 0.655. The Balaban J connectivity index is 2.77. The van der Waals surface area contributed by atoms with Gasteiger partial charge in [0.2, 0.25) is 5.91 Å². The van der Waals surface area contributed by atoms with Crippen LogP contribution in [0.3, 0.4) is 0 Å². The lowest BCUT2D eigenvalue weighted by Gasteiger charge is -2.08. The summed E-state index contributed by atoms with van der Waals surface area (Å²) in [6.07, 6.45) is 0. The number of carbonyl (C=O) groups is 3. The third-order valence-corrected chi connectivity index (χ3v) is 2.58. The minimum Gasteiger partial charge on any atom is -0.478 e. The van der Waals surface area contributed by atoms with Crippen LogP contribution in [0.5, 0.6) is 0 Å². The van der Waals surface area contributed by atoms with E-state index in [2.05, 4.69) is 26.6 Å². The fourth-order valence-electron chi connectivity index (χ4n) is 1.09.